The number of halogens is 1. The molecule has 0 aromatic heterocycles. The van der Waals surface area contributed by atoms with Gasteiger partial charge in [0.2, 0.25) is 0 Å². The van der Waals surface area contributed by atoms with Crippen molar-refractivity contribution in [3.8, 4) is 0 Å². The predicted molar refractivity (Wildman–Crippen MR) is 90.5 cm³/mol. The van der Waals surface area contributed by atoms with E-state index in [4.69, 9.17) is 0 Å². The van der Waals surface area contributed by atoms with Gasteiger partial charge in [0.25, 0.3) is 0 Å². The van der Waals surface area contributed by atoms with Gasteiger partial charge < -0.3 is 4.57 Å². The third-order valence-electron chi connectivity index (χ3n) is 3.71. The van der Waals surface area contributed by atoms with Gasteiger partial charge in [-0.15, -0.1) is 0 Å². The Hall–Kier alpha value is -2.18. The van der Waals surface area contributed by atoms with Gasteiger partial charge in [0.05, 0.1) is 0 Å². The van der Waals surface area contributed by atoms with E-state index in [1.165, 1.54) is 12.1 Å². The first-order valence-corrected chi connectivity index (χ1v) is 8.80. The molecule has 3 heteroatoms. The van der Waals surface area contributed by atoms with Crippen molar-refractivity contribution in [2.24, 2.45) is 0 Å². The van der Waals surface area contributed by atoms with Crippen LogP contribution in [0.3, 0.4) is 0 Å². The van der Waals surface area contributed by atoms with Crippen LogP contribution in [0.1, 0.15) is 5.56 Å². The fourth-order valence-corrected chi connectivity index (χ4v) is 5.12. The molecule has 3 rings (SSSR count). The Kier molecular flexibility index (Phi) is 3.96. The van der Waals surface area contributed by atoms with E-state index in [1.54, 1.807) is 12.1 Å². The molecule has 0 fully saturated rings. The molecule has 0 spiro atoms. The number of rotatable bonds is 3. The maximum Gasteiger partial charge on any atom is 0.171 e. The molecular formula is C19H16FOP. The summed E-state index contributed by atoms with van der Waals surface area (Å²) in [5, 5.41) is 2.16. The second-order valence-electron chi connectivity index (χ2n) is 5.26. The van der Waals surface area contributed by atoms with Crippen molar-refractivity contribution in [3.63, 3.8) is 0 Å². The first-order chi connectivity index (χ1) is 10.6. The minimum Gasteiger partial charge on any atom is -0.309 e. The van der Waals surface area contributed by atoms with Gasteiger partial charge in [-0.25, -0.2) is 4.39 Å². The molecule has 1 nitrogen and oxygen atoms in total. The van der Waals surface area contributed by atoms with E-state index >= 15 is 0 Å². The molecule has 3 aromatic carbocycles. The highest BCUT2D eigenvalue weighted by Crippen LogP contribution is 2.42. The summed E-state index contributed by atoms with van der Waals surface area (Å²) in [6.07, 6.45) is 0. The van der Waals surface area contributed by atoms with Crippen molar-refractivity contribution in [2.75, 3.05) is 0 Å². The zero-order valence-electron chi connectivity index (χ0n) is 12.2. The third-order valence-corrected chi connectivity index (χ3v) is 6.78. The molecule has 0 aliphatic carbocycles. The SMILES string of the molecule is Cc1ccc(P(=O)(c2ccccc2)c2ccc(F)cc2)cc1. The number of hydrogen-bond donors (Lipinski definition) is 0. The summed E-state index contributed by atoms with van der Waals surface area (Å²) in [7, 11) is -2.98. The van der Waals surface area contributed by atoms with Crippen molar-refractivity contribution in [3.05, 3.63) is 90.2 Å². The summed E-state index contributed by atoms with van der Waals surface area (Å²) < 4.78 is 27.2. The van der Waals surface area contributed by atoms with Crippen LogP contribution in [0.5, 0.6) is 0 Å². The summed E-state index contributed by atoms with van der Waals surface area (Å²) in [6.45, 7) is 2.00. The van der Waals surface area contributed by atoms with Gasteiger partial charge in [-0.2, -0.15) is 0 Å². The van der Waals surface area contributed by atoms with Crippen molar-refractivity contribution in [1.82, 2.24) is 0 Å². The average molecular weight is 310 g/mol. The monoisotopic (exact) mass is 310 g/mol. The Bertz CT molecular complexity index is 759. The Morgan fingerprint density at radius 1 is 0.682 bits per heavy atom. The second-order valence-corrected chi connectivity index (χ2v) is 8.02. The minimum atomic E-state index is -2.98. The second kappa shape index (κ2) is 5.90. The van der Waals surface area contributed by atoms with Crippen LogP contribution < -0.4 is 15.9 Å². The number of benzene rings is 3. The molecule has 0 radical (unpaired) electrons. The Labute approximate surface area is 129 Å². The van der Waals surface area contributed by atoms with E-state index < -0.39 is 7.14 Å². The molecule has 0 aliphatic heterocycles. The predicted octanol–water partition coefficient (Wildman–Crippen LogP) is 3.77. The third kappa shape index (κ3) is 2.63. The van der Waals surface area contributed by atoms with Crippen molar-refractivity contribution >= 4 is 23.1 Å². The Morgan fingerprint density at radius 3 is 1.68 bits per heavy atom. The maximum absolute atomic E-state index is 13.9. The molecule has 1 unspecified atom stereocenters. The van der Waals surface area contributed by atoms with Crippen LogP contribution in [-0.2, 0) is 4.57 Å². The van der Waals surface area contributed by atoms with E-state index in [0.29, 0.717) is 5.30 Å². The van der Waals surface area contributed by atoms with Gasteiger partial charge in [0, 0.05) is 15.9 Å². The maximum atomic E-state index is 13.9. The molecule has 0 saturated carbocycles. The molecule has 0 bridgehead atoms. The first-order valence-electron chi connectivity index (χ1n) is 7.10. The standard InChI is InChI=1S/C19H16FOP/c1-15-7-11-18(12-8-15)22(21,17-5-3-2-4-6-17)19-13-9-16(20)10-14-19/h2-14H,1H3. The highest BCUT2D eigenvalue weighted by molar-refractivity contribution is 7.85. The lowest BCUT2D eigenvalue weighted by Crippen LogP contribution is -2.25. The van der Waals surface area contributed by atoms with Gasteiger partial charge >= 0.3 is 0 Å². The van der Waals surface area contributed by atoms with Gasteiger partial charge in [-0.1, -0.05) is 60.2 Å². The Morgan fingerprint density at radius 2 is 1.14 bits per heavy atom. The fraction of sp³-hybridized carbons (Fsp3) is 0.0526. The van der Waals surface area contributed by atoms with Crippen LogP contribution >= 0.6 is 7.14 Å². The number of hydrogen-bond acceptors (Lipinski definition) is 1. The van der Waals surface area contributed by atoms with Gasteiger partial charge in [-0.05, 0) is 31.2 Å². The molecular weight excluding hydrogens is 294 g/mol. The van der Waals surface area contributed by atoms with Crippen molar-refractivity contribution in [2.45, 2.75) is 6.92 Å². The summed E-state index contributed by atoms with van der Waals surface area (Å²) >= 11 is 0. The minimum absolute atomic E-state index is 0.327. The zero-order chi connectivity index (χ0) is 15.6. The first kappa shape index (κ1) is 14.7. The molecule has 0 N–H and O–H groups in total. The summed E-state index contributed by atoms with van der Waals surface area (Å²) in [4.78, 5) is 0. The molecule has 0 amide bonds. The van der Waals surface area contributed by atoms with Crippen LogP contribution in [-0.4, -0.2) is 0 Å². The van der Waals surface area contributed by atoms with Crippen LogP contribution in [0.4, 0.5) is 4.39 Å². The fourth-order valence-electron chi connectivity index (χ4n) is 2.49. The summed E-state index contributed by atoms with van der Waals surface area (Å²) in [6, 6.07) is 23.0. The van der Waals surface area contributed by atoms with Crippen LogP contribution in [0.15, 0.2) is 78.9 Å². The normalized spacial score (nSPS) is 13.5. The summed E-state index contributed by atoms with van der Waals surface area (Å²) in [5.41, 5.74) is 1.11. The highest BCUT2D eigenvalue weighted by atomic mass is 31.2. The van der Waals surface area contributed by atoms with Crippen LogP contribution in [0.2, 0.25) is 0 Å². The molecule has 0 heterocycles. The molecule has 1 atom stereocenters. The van der Waals surface area contributed by atoms with Gasteiger partial charge in [0.1, 0.15) is 5.82 Å². The average Bonchev–Trinajstić information content (AvgIpc) is 2.56. The molecule has 110 valence electrons. The smallest absolute Gasteiger partial charge is 0.171 e. The van der Waals surface area contributed by atoms with Crippen LogP contribution in [0, 0.1) is 12.7 Å². The van der Waals surface area contributed by atoms with E-state index in [0.717, 1.165) is 16.2 Å². The lowest BCUT2D eigenvalue weighted by molar-refractivity contribution is 0.592. The van der Waals surface area contributed by atoms with E-state index in [2.05, 4.69) is 0 Å². The molecule has 22 heavy (non-hydrogen) atoms. The quantitative estimate of drug-likeness (QED) is 0.673. The highest BCUT2D eigenvalue weighted by Gasteiger charge is 2.29. The summed E-state index contributed by atoms with van der Waals surface area (Å²) in [5.74, 6) is -0.327. The van der Waals surface area contributed by atoms with Crippen molar-refractivity contribution in [1.29, 1.82) is 0 Å². The van der Waals surface area contributed by atoms with Crippen LogP contribution in [0.25, 0.3) is 0 Å². The lowest BCUT2D eigenvalue weighted by Gasteiger charge is -2.20. The molecule has 3 aromatic rings. The molecule has 0 saturated heterocycles. The zero-order valence-corrected chi connectivity index (χ0v) is 13.1. The molecule has 0 aliphatic rings. The van der Waals surface area contributed by atoms with Gasteiger partial charge in [-0.3, -0.25) is 0 Å². The number of aryl methyl sites for hydroxylation is 1. The van der Waals surface area contributed by atoms with Crippen molar-refractivity contribution < 1.29 is 8.96 Å². The Balaban J connectivity index is 2.25. The topological polar surface area (TPSA) is 17.1 Å². The van der Waals surface area contributed by atoms with Gasteiger partial charge in [0.15, 0.2) is 7.14 Å². The van der Waals surface area contributed by atoms with E-state index in [1.807, 2.05) is 61.5 Å². The lowest BCUT2D eigenvalue weighted by atomic mass is 10.2. The van der Waals surface area contributed by atoms with E-state index in [9.17, 15) is 8.96 Å². The largest absolute Gasteiger partial charge is 0.309 e. The van der Waals surface area contributed by atoms with E-state index in [-0.39, 0.29) is 5.82 Å².